The molecule has 100 valence electrons. The minimum Gasteiger partial charge on any atom is -0.369 e. The number of benzene rings is 1. The standard InChI is InChI=1S/C15H19N3O/c1-12-3-2-4-13(7-12)10-18-11-17-8-14(18)15-9-16-5-6-19-15/h2-4,7-8,11,15-16H,5-6,9-10H2,1H3. The van der Waals surface area contributed by atoms with Gasteiger partial charge in [-0.25, -0.2) is 4.98 Å². The normalized spacial score (nSPS) is 19.5. The van der Waals surface area contributed by atoms with E-state index in [1.807, 2.05) is 12.5 Å². The lowest BCUT2D eigenvalue weighted by Gasteiger charge is -2.24. The lowest BCUT2D eigenvalue weighted by molar-refractivity contribution is 0.0230. The molecule has 1 aromatic carbocycles. The van der Waals surface area contributed by atoms with Gasteiger partial charge in [0.15, 0.2) is 0 Å². The minimum absolute atomic E-state index is 0.112. The summed E-state index contributed by atoms with van der Waals surface area (Å²) >= 11 is 0. The number of rotatable bonds is 3. The molecule has 1 aliphatic rings. The van der Waals surface area contributed by atoms with Gasteiger partial charge in [0, 0.05) is 19.6 Å². The molecule has 2 heterocycles. The molecular formula is C15H19N3O. The van der Waals surface area contributed by atoms with E-state index in [2.05, 4.69) is 46.1 Å². The first-order chi connectivity index (χ1) is 9.33. The van der Waals surface area contributed by atoms with Gasteiger partial charge in [-0.15, -0.1) is 0 Å². The molecule has 1 atom stereocenters. The Morgan fingerprint density at radius 1 is 1.47 bits per heavy atom. The largest absolute Gasteiger partial charge is 0.369 e. The van der Waals surface area contributed by atoms with Crippen molar-refractivity contribution >= 4 is 0 Å². The number of hydrogen-bond donors (Lipinski definition) is 1. The van der Waals surface area contributed by atoms with Gasteiger partial charge in [-0.1, -0.05) is 29.8 Å². The SMILES string of the molecule is Cc1cccc(Cn2cncc2C2CNCCO2)c1. The highest BCUT2D eigenvalue weighted by Gasteiger charge is 2.19. The number of nitrogens with one attached hydrogen (secondary N) is 1. The van der Waals surface area contributed by atoms with E-state index in [-0.39, 0.29) is 6.10 Å². The fraction of sp³-hybridized carbons (Fsp3) is 0.400. The quantitative estimate of drug-likeness (QED) is 0.913. The van der Waals surface area contributed by atoms with Gasteiger partial charge in [-0.3, -0.25) is 0 Å². The van der Waals surface area contributed by atoms with Gasteiger partial charge in [0.05, 0.1) is 24.8 Å². The average molecular weight is 257 g/mol. The molecule has 19 heavy (non-hydrogen) atoms. The van der Waals surface area contributed by atoms with E-state index in [1.165, 1.54) is 11.1 Å². The number of nitrogens with zero attached hydrogens (tertiary/aromatic N) is 2. The van der Waals surface area contributed by atoms with E-state index in [4.69, 9.17) is 4.74 Å². The van der Waals surface area contributed by atoms with Crippen LogP contribution in [0.15, 0.2) is 36.8 Å². The maximum absolute atomic E-state index is 5.80. The van der Waals surface area contributed by atoms with Gasteiger partial charge in [-0.2, -0.15) is 0 Å². The smallest absolute Gasteiger partial charge is 0.111 e. The van der Waals surface area contributed by atoms with E-state index in [0.717, 1.165) is 31.9 Å². The number of ether oxygens (including phenoxy) is 1. The third-order valence-electron chi connectivity index (χ3n) is 3.44. The number of hydrogen-bond acceptors (Lipinski definition) is 3. The number of imidazole rings is 1. The van der Waals surface area contributed by atoms with Crippen molar-refractivity contribution in [1.82, 2.24) is 14.9 Å². The van der Waals surface area contributed by atoms with E-state index >= 15 is 0 Å². The second-order valence-corrected chi connectivity index (χ2v) is 5.00. The molecule has 4 nitrogen and oxygen atoms in total. The molecule has 1 N–H and O–H groups in total. The second kappa shape index (κ2) is 5.55. The Hall–Kier alpha value is -1.65. The van der Waals surface area contributed by atoms with Crippen molar-refractivity contribution in [1.29, 1.82) is 0 Å². The first kappa shape index (κ1) is 12.4. The highest BCUT2D eigenvalue weighted by atomic mass is 16.5. The minimum atomic E-state index is 0.112. The van der Waals surface area contributed by atoms with Crippen LogP contribution in [-0.4, -0.2) is 29.2 Å². The number of aromatic nitrogens is 2. The molecule has 1 fully saturated rings. The first-order valence-corrected chi connectivity index (χ1v) is 6.71. The van der Waals surface area contributed by atoms with Crippen LogP contribution in [0.5, 0.6) is 0 Å². The van der Waals surface area contributed by atoms with Crippen molar-refractivity contribution in [3.8, 4) is 0 Å². The molecule has 3 rings (SSSR count). The van der Waals surface area contributed by atoms with Gasteiger partial charge >= 0.3 is 0 Å². The van der Waals surface area contributed by atoms with Crippen molar-refractivity contribution in [2.75, 3.05) is 19.7 Å². The Morgan fingerprint density at radius 2 is 2.42 bits per heavy atom. The second-order valence-electron chi connectivity index (χ2n) is 5.00. The van der Waals surface area contributed by atoms with Crippen molar-refractivity contribution in [3.63, 3.8) is 0 Å². The van der Waals surface area contributed by atoms with Gasteiger partial charge in [0.2, 0.25) is 0 Å². The van der Waals surface area contributed by atoms with Crippen LogP contribution in [0.3, 0.4) is 0 Å². The first-order valence-electron chi connectivity index (χ1n) is 6.71. The summed E-state index contributed by atoms with van der Waals surface area (Å²) in [6, 6.07) is 8.58. The monoisotopic (exact) mass is 257 g/mol. The summed E-state index contributed by atoms with van der Waals surface area (Å²) in [6.07, 6.45) is 3.91. The Bertz CT molecular complexity index is 544. The number of aryl methyl sites for hydroxylation is 1. The third kappa shape index (κ3) is 2.85. The summed E-state index contributed by atoms with van der Waals surface area (Å²) in [5.41, 5.74) is 3.73. The molecule has 1 aromatic heterocycles. The van der Waals surface area contributed by atoms with Crippen molar-refractivity contribution < 1.29 is 4.74 Å². The Labute approximate surface area is 113 Å². The highest BCUT2D eigenvalue weighted by Crippen LogP contribution is 2.19. The van der Waals surface area contributed by atoms with E-state index in [0.29, 0.717) is 0 Å². The topological polar surface area (TPSA) is 39.1 Å². The van der Waals surface area contributed by atoms with Crippen molar-refractivity contribution in [2.45, 2.75) is 19.6 Å². The summed E-state index contributed by atoms with van der Waals surface area (Å²) < 4.78 is 7.97. The fourth-order valence-corrected chi connectivity index (χ4v) is 2.49. The molecule has 0 spiro atoms. The third-order valence-corrected chi connectivity index (χ3v) is 3.44. The Balaban J connectivity index is 1.80. The van der Waals surface area contributed by atoms with Crippen LogP contribution in [0.4, 0.5) is 0 Å². The van der Waals surface area contributed by atoms with E-state index in [9.17, 15) is 0 Å². The summed E-state index contributed by atoms with van der Waals surface area (Å²) in [5, 5.41) is 3.36. The summed E-state index contributed by atoms with van der Waals surface area (Å²) in [4.78, 5) is 4.27. The molecule has 4 heteroatoms. The van der Waals surface area contributed by atoms with Crippen LogP contribution in [0.1, 0.15) is 22.9 Å². The summed E-state index contributed by atoms with van der Waals surface area (Å²) in [5.74, 6) is 0. The van der Waals surface area contributed by atoms with Crippen LogP contribution in [0, 0.1) is 6.92 Å². The Morgan fingerprint density at radius 3 is 3.21 bits per heavy atom. The van der Waals surface area contributed by atoms with E-state index in [1.54, 1.807) is 0 Å². The molecular weight excluding hydrogens is 238 g/mol. The maximum atomic E-state index is 5.80. The summed E-state index contributed by atoms with van der Waals surface area (Å²) in [6.45, 7) is 5.52. The predicted octanol–water partition coefficient (Wildman–Crippen LogP) is 1.90. The molecule has 1 unspecified atom stereocenters. The zero-order chi connectivity index (χ0) is 13.1. The zero-order valence-corrected chi connectivity index (χ0v) is 11.2. The molecule has 0 aliphatic carbocycles. The molecule has 1 saturated heterocycles. The Kier molecular flexibility index (Phi) is 3.62. The predicted molar refractivity (Wildman–Crippen MR) is 74.1 cm³/mol. The molecule has 2 aromatic rings. The fourth-order valence-electron chi connectivity index (χ4n) is 2.49. The molecule has 0 saturated carbocycles. The maximum Gasteiger partial charge on any atom is 0.111 e. The van der Waals surface area contributed by atoms with Crippen LogP contribution in [0.25, 0.3) is 0 Å². The molecule has 0 radical (unpaired) electrons. The van der Waals surface area contributed by atoms with Crippen LogP contribution in [0.2, 0.25) is 0 Å². The van der Waals surface area contributed by atoms with Gasteiger partial charge in [-0.05, 0) is 12.5 Å². The highest BCUT2D eigenvalue weighted by molar-refractivity contribution is 5.23. The zero-order valence-electron chi connectivity index (χ0n) is 11.2. The lowest BCUT2D eigenvalue weighted by atomic mass is 10.1. The van der Waals surface area contributed by atoms with Crippen molar-refractivity contribution in [2.24, 2.45) is 0 Å². The van der Waals surface area contributed by atoms with Crippen molar-refractivity contribution in [3.05, 3.63) is 53.6 Å². The van der Waals surface area contributed by atoms with Gasteiger partial charge in [0.1, 0.15) is 6.10 Å². The number of morpholine rings is 1. The van der Waals surface area contributed by atoms with Gasteiger partial charge in [0.25, 0.3) is 0 Å². The van der Waals surface area contributed by atoms with Crippen LogP contribution < -0.4 is 5.32 Å². The van der Waals surface area contributed by atoms with Crippen LogP contribution in [-0.2, 0) is 11.3 Å². The molecule has 1 aliphatic heterocycles. The van der Waals surface area contributed by atoms with Crippen LogP contribution >= 0.6 is 0 Å². The average Bonchev–Trinajstić information content (AvgIpc) is 2.88. The van der Waals surface area contributed by atoms with E-state index < -0.39 is 0 Å². The van der Waals surface area contributed by atoms with Gasteiger partial charge < -0.3 is 14.6 Å². The summed E-state index contributed by atoms with van der Waals surface area (Å²) in [7, 11) is 0. The molecule has 0 amide bonds. The molecule has 0 bridgehead atoms. The lowest BCUT2D eigenvalue weighted by Crippen LogP contribution is -2.34.